The van der Waals surface area contributed by atoms with E-state index in [-0.39, 0.29) is 5.56 Å². The number of amides is 1. The van der Waals surface area contributed by atoms with Crippen LogP contribution >= 0.6 is 0 Å². The van der Waals surface area contributed by atoms with Crippen LogP contribution in [0.5, 0.6) is 0 Å². The van der Waals surface area contributed by atoms with Crippen molar-refractivity contribution >= 4 is 44.8 Å². The highest BCUT2D eigenvalue weighted by Crippen LogP contribution is 2.37. The zero-order valence-corrected chi connectivity index (χ0v) is 12.8. The molecular formula is C15H14N2O4S. The first-order valence-electron chi connectivity index (χ1n) is 6.52. The van der Waals surface area contributed by atoms with Crippen LogP contribution in [0.3, 0.4) is 0 Å². The number of nitrogens with two attached hydrogens (primary N) is 1. The number of carbonyl (C=O) groups excluding carboxylic acids is 1. The second-order valence-corrected chi connectivity index (χ2v) is 6.71. The molecule has 7 heteroatoms. The van der Waals surface area contributed by atoms with Gasteiger partial charge in [0.25, 0.3) is 5.91 Å². The maximum atomic E-state index is 12.0. The van der Waals surface area contributed by atoms with E-state index in [2.05, 4.69) is 0 Å². The van der Waals surface area contributed by atoms with E-state index in [9.17, 15) is 13.6 Å². The highest BCUT2D eigenvalue weighted by atomic mass is 32.2. The number of carbonyl (C=O) groups is 1. The summed E-state index contributed by atoms with van der Waals surface area (Å²) < 4.78 is 28.3. The van der Waals surface area contributed by atoms with E-state index in [1.807, 2.05) is 18.2 Å². The molecule has 2 aromatic carbocycles. The van der Waals surface area contributed by atoms with Crippen molar-refractivity contribution in [1.82, 2.24) is 3.89 Å². The van der Waals surface area contributed by atoms with Crippen LogP contribution in [-0.2, 0) is 11.3 Å². The van der Waals surface area contributed by atoms with Crippen LogP contribution in [0.1, 0.15) is 10.4 Å². The Labute approximate surface area is 129 Å². The second-order valence-electron chi connectivity index (χ2n) is 5.36. The number of primary amides is 1. The SMILES string of the molecule is C[N+](C)(c1ccc2oc3ccccc3c2c1C(N)=O)S(=O)[O-]. The number of hydrogen-bond donors (Lipinski definition) is 1. The maximum Gasteiger partial charge on any atom is 0.255 e. The minimum atomic E-state index is -2.47. The van der Waals surface area contributed by atoms with E-state index in [0.29, 0.717) is 22.2 Å². The summed E-state index contributed by atoms with van der Waals surface area (Å²) in [6.45, 7) is 0. The Morgan fingerprint density at radius 2 is 1.86 bits per heavy atom. The molecule has 114 valence electrons. The highest BCUT2D eigenvalue weighted by Gasteiger charge is 2.30. The van der Waals surface area contributed by atoms with Crippen molar-refractivity contribution in [3.63, 3.8) is 0 Å². The van der Waals surface area contributed by atoms with E-state index in [0.717, 1.165) is 5.39 Å². The number of hydrogen-bond acceptors (Lipinski definition) is 4. The number of fused-ring (bicyclic) bond motifs is 3. The van der Waals surface area contributed by atoms with Crippen LogP contribution in [0.15, 0.2) is 40.8 Å². The fraction of sp³-hybridized carbons (Fsp3) is 0.133. The summed E-state index contributed by atoms with van der Waals surface area (Å²) in [5, 5.41) is 1.27. The van der Waals surface area contributed by atoms with Crippen LogP contribution in [0.2, 0.25) is 0 Å². The van der Waals surface area contributed by atoms with Gasteiger partial charge in [0, 0.05) is 16.8 Å². The van der Waals surface area contributed by atoms with E-state index in [4.69, 9.17) is 10.2 Å². The highest BCUT2D eigenvalue weighted by molar-refractivity contribution is 7.78. The summed E-state index contributed by atoms with van der Waals surface area (Å²) in [6.07, 6.45) is 0. The number of benzene rings is 2. The normalized spacial score (nSPS) is 13.6. The molecule has 0 spiro atoms. The Bertz CT molecular complexity index is 930. The lowest BCUT2D eigenvalue weighted by molar-refractivity contribution is 0.100. The van der Waals surface area contributed by atoms with E-state index in [1.165, 1.54) is 14.1 Å². The van der Waals surface area contributed by atoms with Crippen LogP contribution in [0, 0.1) is 0 Å². The average molecular weight is 318 g/mol. The summed E-state index contributed by atoms with van der Waals surface area (Å²) in [7, 11) is 2.94. The standard InChI is InChI=1S/C15H14N2O4S/c1-17(2,22(19)20)10-7-8-12-13(14(10)15(16)18)9-5-3-4-6-11(9)21-12/h3-8H,1-2H3,(H2-,16,18,19,20). The average Bonchev–Trinajstić information content (AvgIpc) is 2.84. The van der Waals surface area contributed by atoms with Crippen molar-refractivity contribution in [2.24, 2.45) is 5.73 Å². The van der Waals surface area contributed by atoms with Gasteiger partial charge in [0.2, 0.25) is 0 Å². The minimum absolute atomic E-state index is 0.164. The van der Waals surface area contributed by atoms with Crippen LogP contribution in [0.25, 0.3) is 21.9 Å². The zero-order valence-electron chi connectivity index (χ0n) is 12.0. The lowest BCUT2D eigenvalue weighted by Crippen LogP contribution is -2.43. The van der Waals surface area contributed by atoms with Gasteiger partial charge in [-0.2, -0.15) is 0 Å². The van der Waals surface area contributed by atoms with Crippen molar-refractivity contribution in [3.05, 3.63) is 42.0 Å². The number of quaternary nitrogens is 1. The van der Waals surface area contributed by atoms with Gasteiger partial charge in [-0.05, 0) is 12.1 Å². The number of nitrogens with zero attached hydrogens (tertiary/aromatic N) is 1. The van der Waals surface area contributed by atoms with Gasteiger partial charge in [0.05, 0.1) is 14.1 Å². The molecule has 3 rings (SSSR count). The predicted molar refractivity (Wildman–Crippen MR) is 84.8 cm³/mol. The summed E-state index contributed by atoms with van der Waals surface area (Å²) in [4.78, 5) is 12.0. The first kappa shape index (κ1) is 14.7. The summed E-state index contributed by atoms with van der Waals surface area (Å²) in [6, 6.07) is 10.4. The van der Waals surface area contributed by atoms with Gasteiger partial charge in [-0.25, -0.2) is 8.10 Å². The Balaban J connectivity index is 2.50. The quantitative estimate of drug-likeness (QED) is 0.590. The van der Waals surface area contributed by atoms with Crippen molar-refractivity contribution in [1.29, 1.82) is 0 Å². The van der Waals surface area contributed by atoms with Gasteiger partial charge in [-0.3, -0.25) is 4.79 Å². The molecule has 0 aliphatic heterocycles. The minimum Gasteiger partial charge on any atom is -0.724 e. The smallest absolute Gasteiger partial charge is 0.255 e. The molecule has 0 saturated carbocycles. The van der Waals surface area contributed by atoms with Gasteiger partial charge in [0.1, 0.15) is 16.7 Å². The summed E-state index contributed by atoms with van der Waals surface area (Å²) >= 11 is -2.47. The third-order valence-electron chi connectivity index (χ3n) is 3.72. The Hall–Kier alpha value is -2.22. The molecule has 6 nitrogen and oxygen atoms in total. The molecule has 1 unspecified atom stereocenters. The Morgan fingerprint density at radius 1 is 1.18 bits per heavy atom. The topological polar surface area (TPSA) is 96.4 Å². The summed E-state index contributed by atoms with van der Waals surface area (Å²) in [5.74, 6) is -0.691. The number of furan rings is 1. The first-order chi connectivity index (χ1) is 10.3. The van der Waals surface area contributed by atoms with Gasteiger partial charge in [-0.1, -0.05) is 18.2 Å². The Morgan fingerprint density at radius 3 is 2.50 bits per heavy atom. The lowest BCUT2D eigenvalue weighted by Gasteiger charge is -2.30. The number of rotatable bonds is 3. The van der Waals surface area contributed by atoms with Crippen molar-refractivity contribution in [2.75, 3.05) is 14.1 Å². The van der Waals surface area contributed by atoms with Crippen molar-refractivity contribution in [2.45, 2.75) is 0 Å². The van der Waals surface area contributed by atoms with Gasteiger partial charge < -0.3 is 14.7 Å². The molecule has 0 fully saturated rings. The molecule has 0 aliphatic carbocycles. The van der Waals surface area contributed by atoms with Crippen LogP contribution in [0.4, 0.5) is 5.69 Å². The van der Waals surface area contributed by atoms with Gasteiger partial charge >= 0.3 is 0 Å². The van der Waals surface area contributed by atoms with Crippen molar-refractivity contribution < 1.29 is 18.0 Å². The zero-order chi connectivity index (χ0) is 16.1. The molecule has 1 amide bonds. The Kier molecular flexibility index (Phi) is 3.28. The molecular weight excluding hydrogens is 304 g/mol. The van der Waals surface area contributed by atoms with Crippen LogP contribution in [-0.4, -0.2) is 28.8 Å². The lowest BCUT2D eigenvalue weighted by atomic mass is 10.0. The predicted octanol–water partition coefficient (Wildman–Crippen LogP) is 2.05. The van der Waals surface area contributed by atoms with Gasteiger partial charge in [-0.15, -0.1) is 0 Å². The van der Waals surface area contributed by atoms with E-state index >= 15 is 0 Å². The third-order valence-corrected chi connectivity index (χ3v) is 4.66. The van der Waals surface area contributed by atoms with Crippen LogP contribution < -0.4 is 9.62 Å². The number of para-hydroxylation sites is 1. The first-order valence-corrected chi connectivity index (χ1v) is 7.55. The fourth-order valence-electron chi connectivity index (χ4n) is 2.58. The molecule has 1 atom stereocenters. The molecule has 1 aromatic heterocycles. The molecule has 0 radical (unpaired) electrons. The molecule has 0 bridgehead atoms. The van der Waals surface area contributed by atoms with E-state index < -0.39 is 21.1 Å². The monoisotopic (exact) mass is 318 g/mol. The molecule has 1 heterocycles. The molecule has 22 heavy (non-hydrogen) atoms. The molecule has 3 aromatic rings. The maximum absolute atomic E-state index is 12.0. The molecule has 2 N–H and O–H groups in total. The molecule has 0 saturated heterocycles. The van der Waals surface area contributed by atoms with Gasteiger partial charge in [0.15, 0.2) is 17.0 Å². The summed E-state index contributed by atoms with van der Waals surface area (Å²) in [5.41, 5.74) is 7.12. The second kappa shape index (κ2) is 4.91. The largest absolute Gasteiger partial charge is 0.724 e. The van der Waals surface area contributed by atoms with Crippen molar-refractivity contribution in [3.8, 4) is 0 Å². The van der Waals surface area contributed by atoms with E-state index in [1.54, 1.807) is 18.2 Å². The third kappa shape index (κ3) is 2.02. The fourth-order valence-corrected chi connectivity index (χ4v) is 2.90. The molecule has 0 aliphatic rings.